The number of hydrogen-bond acceptors (Lipinski definition) is 6. The average Bonchev–Trinajstić information content (AvgIpc) is 3.22. The maximum atomic E-state index is 9.86. The second kappa shape index (κ2) is 8.33. The summed E-state index contributed by atoms with van der Waals surface area (Å²) >= 11 is 0. The van der Waals surface area contributed by atoms with E-state index in [1.165, 1.54) is 0 Å². The highest BCUT2D eigenvalue weighted by Crippen LogP contribution is 2.45. The second-order valence-electron chi connectivity index (χ2n) is 6.80. The Kier molecular flexibility index (Phi) is 5.42. The molecule has 0 spiro atoms. The van der Waals surface area contributed by atoms with Gasteiger partial charge in [-0.3, -0.25) is 0 Å². The number of methoxy groups -OCH3 is 4. The first-order chi connectivity index (χ1) is 15.1. The van der Waals surface area contributed by atoms with Crippen LogP contribution in [0.1, 0.15) is 5.56 Å². The Morgan fingerprint density at radius 2 is 1.26 bits per heavy atom. The largest absolute Gasteiger partial charge is 0.497 e. The highest BCUT2D eigenvalue weighted by molar-refractivity contribution is 6.05. The van der Waals surface area contributed by atoms with Gasteiger partial charge in [0.2, 0.25) is 0 Å². The fourth-order valence-corrected chi connectivity index (χ4v) is 3.58. The van der Waals surface area contributed by atoms with Crippen LogP contribution in [0.3, 0.4) is 0 Å². The first kappa shape index (κ1) is 20.2. The summed E-state index contributed by atoms with van der Waals surface area (Å²) in [7, 11) is 6.38. The number of ether oxygens (including phenoxy) is 4. The van der Waals surface area contributed by atoms with E-state index in [9.17, 15) is 5.26 Å². The summed E-state index contributed by atoms with van der Waals surface area (Å²) in [4.78, 5) is 0. The molecular formula is C25H21NO5. The van der Waals surface area contributed by atoms with Crippen molar-refractivity contribution in [1.82, 2.24) is 0 Å². The Bertz CT molecular complexity index is 1260. The number of nitrogens with zero attached hydrogens (tertiary/aromatic N) is 1. The zero-order valence-corrected chi connectivity index (χ0v) is 17.7. The van der Waals surface area contributed by atoms with Crippen molar-refractivity contribution >= 4 is 11.0 Å². The van der Waals surface area contributed by atoms with Crippen molar-refractivity contribution in [2.24, 2.45) is 0 Å². The fraction of sp³-hybridized carbons (Fsp3) is 0.160. The van der Waals surface area contributed by atoms with Crippen molar-refractivity contribution in [2.75, 3.05) is 28.4 Å². The number of furan rings is 1. The van der Waals surface area contributed by atoms with Crippen molar-refractivity contribution in [2.45, 2.75) is 0 Å². The second-order valence-corrected chi connectivity index (χ2v) is 6.80. The summed E-state index contributed by atoms with van der Waals surface area (Å²) in [6.07, 6.45) is 0. The van der Waals surface area contributed by atoms with Crippen LogP contribution in [-0.2, 0) is 0 Å². The van der Waals surface area contributed by atoms with Crippen molar-refractivity contribution in [1.29, 1.82) is 5.26 Å². The molecular weight excluding hydrogens is 394 g/mol. The molecule has 1 aromatic heterocycles. The van der Waals surface area contributed by atoms with Gasteiger partial charge in [-0.25, -0.2) is 0 Å². The zero-order chi connectivity index (χ0) is 22.0. The van der Waals surface area contributed by atoms with Crippen LogP contribution in [-0.4, -0.2) is 28.4 Å². The van der Waals surface area contributed by atoms with E-state index in [4.69, 9.17) is 23.4 Å². The van der Waals surface area contributed by atoms with Crippen LogP contribution >= 0.6 is 0 Å². The molecule has 1 heterocycles. The zero-order valence-electron chi connectivity index (χ0n) is 17.7. The molecule has 156 valence electrons. The minimum absolute atomic E-state index is 0.453. The summed E-state index contributed by atoms with van der Waals surface area (Å²) in [5.74, 6) is 3.18. The number of hydrogen-bond donors (Lipinski definition) is 0. The molecule has 31 heavy (non-hydrogen) atoms. The van der Waals surface area contributed by atoms with Crippen molar-refractivity contribution in [3.05, 3.63) is 60.2 Å². The summed E-state index contributed by atoms with van der Waals surface area (Å²) in [5, 5.41) is 10.6. The van der Waals surface area contributed by atoms with E-state index in [-0.39, 0.29) is 0 Å². The number of nitriles is 1. The van der Waals surface area contributed by atoms with Crippen LogP contribution in [0.2, 0.25) is 0 Å². The highest BCUT2D eigenvalue weighted by Gasteiger charge is 2.22. The van der Waals surface area contributed by atoms with E-state index in [0.717, 1.165) is 22.4 Å². The van der Waals surface area contributed by atoms with Crippen molar-refractivity contribution in [3.63, 3.8) is 0 Å². The first-order valence-corrected chi connectivity index (χ1v) is 9.54. The standard InChI is InChI=1S/C25H21NO5/c1-27-18-7-5-15(6-8-18)25-24(16-9-19(28-2)12-20(10-16)29-3)23-17(14-26)11-21(30-4)13-22(23)31-25/h5-13H,1-4H3. The SMILES string of the molecule is COc1ccc(-c2oc3cc(OC)cc(C#N)c3c2-c2cc(OC)cc(OC)c2)cc1. The molecule has 0 bridgehead atoms. The van der Waals surface area contributed by atoms with Gasteiger partial charge >= 0.3 is 0 Å². The molecule has 0 atom stereocenters. The Labute approximate surface area is 180 Å². The van der Waals surface area contributed by atoms with E-state index < -0.39 is 0 Å². The van der Waals surface area contributed by atoms with Gasteiger partial charge in [0.1, 0.15) is 40.4 Å². The molecule has 3 aromatic carbocycles. The third kappa shape index (κ3) is 3.62. The number of fused-ring (bicyclic) bond motifs is 1. The minimum atomic E-state index is 0.453. The number of benzene rings is 3. The predicted molar refractivity (Wildman–Crippen MR) is 118 cm³/mol. The lowest BCUT2D eigenvalue weighted by Crippen LogP contribution is -1.91. The van der Waals surface area contributed by atoms with E-state index >= 15 is 0 Å². The van der Waals surface area contributed by atoms with Crippen LogP contribution < -0.4 is 18.9 Å². The van der Waals surface area contributed by atoms with Gasteiger partial charge in [0.05, 0.1) is 34.0 Å². The molecule has 0 aliphatic rings. The Balaban J connectivity index is 2.09. The van der Waals surface area contributed by atoms with Gasteiger partial charge < -0.3 is 23.4 Å². The minimum Gasteiger partial charge on any atom is -0.497 e. The molecule has 4 aromatic rings. The smallest absolute Gasteiger partial charge is 0.143 e. The molecule has 0 aliphatic heterocycles. The lowest BCUT2D eigenvalue weighted by molar-refractivity contribution is 0.394. The van der Waals surface area contributed by atoms with E-state index in [2.05, 4.69) is 6.07 Å². The van der Waals surface area contributed by atoms with Crippen molar-refractivity contribution in [3.8, 4) is 51.5 Å². The third-order valence-electron chi connectivity index (χ3n) is 5.11. The molecule has 0 radical (unpaired) electrons. The predicted octanol–water partition coefficient (Wildman–Crippen LogP) is 5.67. The van der Waals surface area contributed by atoms with Gasteiger partial charge in [-0.05, 0) is 48.0 Å². The van der Waals surface area contributed by atoms with E-state index in [0.29, 0.717) is 39.5 Å². The molecule has 0 saturated carbocycles. The maximum absolute atomic E-state index is 9.86. The summed E-state index contributed by atoms with van der Waals surface area (Å²) in [5.41, 5.74) is 3.43. The van der Waals surface area contributed by atoms with Crippen LogP contribution in [0.25, 0.3) is 33.4 Å². The van der Waals surface area contributed by atoms with Gasteiger partial charge in [-0.15, -0.1) is 0 Å². The van der Waals surface area contributed by atoms with Crippen LogP contribution in [0.15, 0.2) is 59.0 Å². The van der Waals surface area contributed by atoms with Crippen LogP contribution in [0.5, 0.6) is 23.0 Å². The summed E-state index contributed by atoms with van der Waals surface area (Å²) < 4.78 is 27.9. The molecule has 0 aliphatic carbocycles. The average molecular weight is 415 g/mol. The van der Waals surface area contributed by atoms with E-state index in [1.54, 1.807) is 46.6 Å². The topological polar surface area (TPSA) is 73.9 Å². The third-order valence-corrected chi connectivity index (χ3v) is 5.11. The monoisotopic (exact) mass is 415 g/mol. The molecule has 0 unspecified atom stereocenters. The maximum Gasteiger partial charge on any atom is 0.143 e. The lowest BCUT2D eigenvalue weighted by Gasteiger charge is -2.10. The van der Waals surface area contributed by atoms with Gasteiger partial charge in [0.15, 0.2) is 0 Å². The molecule has 6 heteroatoms. The summed E-state index contributed by atoms with van der Waals surface area (Å²) in [6, 6.07) is 18.9. The molecule has 6 nitrogen and oxygen atoms in total. The Morgan fingerprint density at radius 3 is 1.81 bits per heavy atom. The van der Waals surface area contributed by atoms with Gasteiger partial charge in [0, 0.05) is 28.6 Å². The van der Waals surface area contributed by atoms with Gasteiger partial charge in [0.25, 0.3) is 0 Å². The lowest BCUT2D eigenvalue weighted by atomic mass is 9.95. The fourth-order valence-electron chi connectivity index (χ4n) is 3.58. The molecule has 0 N–H and O–H groups in total. The Hall–Kier alpha value is -4.11. The first-order valence-electron chi connectivity index (χ1n) is 9.54. The van der Waals surface area contributed by atoms with Gasteiger partial charge in [-0.1, -0.05) is 0 Å². The molecule has 0 saturated heterocycles. The summed E-state index contributed by atoms with van der Waals surface area (Å²) in [6.45, 7) is 0. The Morgan fingerprint density at radius 1 is 0.677 bits per heavy atom. The van der Waals surface area contributed by atoms with Crippen LogP contribution in [0.4, 0.5) is 0 Å². The quantitative estimate of drug-likeness (QED) is 0.404. The number of rotatable bonds is 6. The van der Waals surface area contributed by atoms with E-state index in [1.807, 2.05) is 36.4 Å². The van der Waals surface area contributed by atoms with Crippen molar-refractivity contribution < 1.29 is 23.4 Å². The van der Waals surface area contributed by atoms with Crippen LogP contribution in [0, 0.1) is 11.3 Å². The molecule has 4 rings (SSSR count). The molecule has 0 fully saturated rings. The normalized spacial score (nSPS) is 10.5. The highest BCUT2D eigenvalue weighted by atomic mass is 16.5. The molecule has 0 amide bonds. The van der Waals surface area contributed by atoms with Gasteiger partial charge in [-0.2, -0.15) is 5.26 Å².